The highest BCUT2D eigenvalue weighted by atomic mass is 16.5. The molecule has 0 spiro atoms. The Hall–Kier alpha value is -2.45. The van der Waals surface area contributed by atoms with Crippen LogP contribution in [0.5, 0.6) is 0 Å². The average Bonchev–Trinajstić information content (AvgIpc) is 3.38. The molecule has 8 heteroatoms. The number of hydrogen-bond acceptors (Lipinski definition) is 5. The predicted octanol–water partition coefficient (Wildman–Crippen LogP) is 1.43. The van der Waals surface area contributed by atoms with Gasteiger partial charge in [0, 0.05) is 51.9 Å². The maximum absolute atomic E-state index is 12.4. The average molecular weight is 428 g/mol. The lowest BCUT2D eigenvalue weighted by Gasteiger charge is -2.32. The highest BCUT2D eigenvalue weighted by molar-refractivity contribution is 6.21. The molecule has 4 rings (SSSR count). The first kappa shape index (κ1) is 21.8. The zero-order chi connectivity index (χ0) is 21.6. The van der Waals surface area contributed by atoms with Crippen molar-refractivity contribution >= 4 is 17.8 Å². The molecule has 3 aliphatic heterocycles. The standard InChI is InChI=1S/C23H33N5O3/c1-2-24-23(27-12-9-18(17-27)26-13-15-31-16-14-26)25-10-5-6-11-28-21(29)19-7-3-4-8-20(19)22(28)30/h3-4,7-8,18H,2,5-6,9-17H2,1H3,(H,24,25). The number of ether oxygens (including phenoxy) is 1. The van der Waals surface area contributed by atoms with Crippen LogP contribution in [0.1, 0.15) is 46.9 Å². The van der Waals surface area contributed by atoms with Gasteiger partial charge in [-0.1, -0.05) is 12.1 Å². The molecule has 168 valence electrons. The number of carbonyl (C=O) groups excluding carboxylic acids is 2. The quantitative estimate of drug-likeness (QED) is 0.307. The number of amides is 2. The van der Waals surface area contributed by atoms with Crippen LogP contribution in [0.4, 0.5) is 0 Å². The summed E-state index contributed by atoms with van der Waals surface area (Å²) < 4.78 is 5.48. The fourth-order valence-corrected chi connectivity index (χ4v) is 4.61. The van der Waals surface area contributed by atoms with E-state index in [4.69, 9.17) is 9.73 Å². The molecule has 1 atom stereocenters. The van der Waals surface area contributed by atoms with E-state index in [2.05, 4.69) is 22.0 Å². The van der Waals surface area contributed by atoms with E-state index in [1.54, 1.807) is 24.3 Å². The lowest BCUT2D eigenvalue weighted by atomic mass is 10.1. The highest BCUT2D eigenvalue weighted by Crippen LogP contribution is 2.22. The molecule has 1 unspecified atom stereocenters. The second-order valence-corrected chi connectivity index (χ2v) is 8.29. The SMILES string of the molecule is CCNC(=NCCCCN1C(=O)c2ccccc2C1=O)N1CCC(N2CCOCC2)C1. The zero-order valence-electron chi connectivity index (χ0n) is 18.4. The molecule has 2 amide bonds. The van der Waals surface area contributed by atoms with Gasteiger partial charge in [-0.3, -0.25) is 24.4 Å². The number of rotatable bonds is 7. The van der Waals surface area contributed by atoms with Gasteiger partial charge in [-0.25, -0.2) is 0 Å². The van der Waals surface area contributed by atoms with Crippen molar-refractivity contribution in [3.8, 4) is 0 Å². The Labute approximate surface area is 184 Å². The van der Waals surface area contributed by atoms with Crippen molar-refractivity contribution < 1.29 is 14.3 Å². The maximum Gasteiger partial charge on any atom is 0.261 e. The molecule has 2 saturated heterocycles. The minimum atomic E-state index is -0.177. The molecule has 0 aromatic heterocycles. The Morgan fingerprint density at radius 3 is 2.48 bits per heavy atom. The topological polar surface area (TPSA) is 77.5 Å². The molecule has 3 heterocycles. The highest BCUT2D eigenvalue weighted by Gasteiger charge is 2.34. The number of aliphatic imine (C=N–C) groups is 1. The number of hydrogen-bond donors (Lipinski definition) is 1. The molecule has 8 nitrogen and oxygen atoms in total. The van der Waals surface area contributed by atoms with Crippen LogP contribution in [-0.4, -0.2) is 97.5 Å². The molecular formula is C23H33N5O3. The predicted molar refractivity (Wildman–Crippen MR) is 119 cm³/mol. The monoisotopic (exact) mass is 427 g/mol. The summed E-state index contributed by atoms with van der Waals surface area (Å²) in [7, 11) is 0. The Balaban J connectivity index is 1.24. The fraction of sp³-hybridized carbons (Fsp3) is 0.609. The molecular weight excluding hydrogens is 394 g/mol. The Bertz CT molecular complexity index is 786. The van der Waals surface area contributed by atoms with Crippen LogP contribution in [0.2, 0.25) is 0 Å². The summed E-state index contributed by atoms with van der Waals surface area (Å²) in [6.45, 7) is 9.78. The summed E-state index contributed by atoms with van der Waals surface area (Å²) in [4.78, 5) is 36.0. The molecule has 1 aromatic carbocycles. The van der Waals surface area contributed by atoms with Crippen molar-refractivity contribution in [3.63, 3.8) is 0 Å². The summed E-state index contributed by atoms with van der Waals surface area (Å²) in [6.07, 6.45) is 2.75. The minimum Gasteiger partial charge on any atom is -0.379 e. The lowest BCUT2D eigenvalue weighted by molar-refractivity contribution is 0.0195. The van der Waals surface area contributed by atoms with Crippen LogP contribution >= 0.6 is 0 Å². The van der Waals surface area contributed by atoms with Crippen molar-refractivity contribution in [1.82, 2.24) is 20.0 Å². The number of morpholine rings is 1. The van der Waals surface area contributed by atoms with E-state index in [1.807, 2.05) is 0 Å². The largest absolute Gasteiger partial charge is 0.379 e. The van der Waals surface area contributed by atoms with E-state index in [9.17, 15) is 9.59 Å². The van der Waals surface area contributed by atoms with E-state index in [1.165, 1.54) is 4.90 Å². The lowest BCUT2D eigenvalue weighted by Crippen LogP contribution is -2.46. The number of imide groups is 1. The molecule has 31 heavy (non-hydrogen) atoms. The molecule has 1 aromatic rings. The van der Waals surface area contributed by atoms with Crippen molar-refractivity contribution in [1.29, 1.82) is 0 Å². The minimum absolute atomic E-state index is 0.177. The summed E-state index contributed by atoms with van der Waals surface area (Å²) in [5.41, 5.74) is 1.03. The fourth-order valence-electron chi connectivity index (χ4n) is 4.61. The van der Waals surface area contributed by atoms with E-state index < -0.39 is 0 Å². The van der Waals surface area contributed by atoms with Crippen molar-refractivity contribution in [3.05, 3.63) is 35.4 Å². The number of carbonyl (C=O) groups is 2. The Kier molecular flexibility index (Phi) is 7.19. The van der Waals surface area contributed by atoms with Gasteiger partial charge in [-0.15, -0.1) is 0 Å². The maximum atomic E-state index is 12.4. The molecule has 1 N–H and O–H groups in total. The van der Waals surface area contributed by atoms with Crippen molar-refractivity contribution in [2.75, 3.05) is 59.0 Å². The number of fused-ring (bicyclic) bond motifs is 1. The van der Waals surface area contributed by atoms with Crippen LogP contribution in [-0.2, 0) is 4.74 Å². The van der Waals surface area contributed by atoms with Crippen LogP contribution in [0.3, 0.4) is 0 Å². The van der Waals surface area contributed by atoms with E-state index in [-0.39, 0.29) is 11.8 Å². The Morgan fingerprint density at radius 2 is 1.81 bits per heavy atom. The van der Waals surface area contributed by atoms with Gasteiger partial charge in [0.2, 0.25) is 0 Å². The van der Waals surface area contributed by atoms with E-state index in [0.29, 0.717) is 30.3 Å². The van der Waals surface area contributed by atoms with Gasteiger partial charge in [-0.2, -0.15) is 0 Å². The first-order valence-corrected chi connectivity index (χ1v) is 11.5. The molecule has 3 aliphatic rings. The van der Waals surface area contributed by atoms with Gasteiger partial charge in [-0.05, 0) is 38.3 Å². The van der Waals surface area contributed by atoms with Crippen LogP contribution in [0.15, 0.2) is 29.3 Å². The van der Waals surface area contributed by atoms with Gasteiger partial charge < -0.3 is 15.0 Å². The van der Waals surface area contributed by atoms with Gasteiger partial charge in [0.15, 0.2) is 5.96 Å². The number of likely N-dealkylation sites (tertiary alicyclic amines) is 1. The number of guanidine groups is 1. The summed E-state index contributed by atoms with van der Waals surface area (Å²) >= 11 is 0. The molecule has 2 fully saturated rings. The first-order chi connectivity index (χ1) is 15.2. The van der Waals surface area contributed by atoms with Crippen LogP contribution < -0.4 is 5.32 Å². The second kappa shape index (κ2) is 10.2. The summed E-state index contributed by atoms with van der Waals surface area (Å²) in [5, 5.41) is 3.42. The molecule has 0 saturated carbocycles. The summed E-state index contributed by atoms with van der Waals surface area (Å²) in [6, 6.07) is 7.62. The third kappa shape index (κ3) is 4.91. The van der Waals surface area contributed by atoms with Crippen molar-refractivity contribution in [2.45, 2.75) is 32.2 Å². The molecule has 0 radical (unpaired) electrons. The smallest absolute Gasteiger partial charge is 0.261 e. The number of nitrogens with zero attached hydrogens (tertiary/aromatic N) is 4. The van der Waals surface area contributed by atoms with E-state index in [0.717, 1.165) is 71.2 Å². The van der Waals surface area contributed by atoms with Gasteiger partial charge in [0.05, 0.1) is 24.3 Å². The normalized spacial score (nSPS) is 22.4. The number of unbranched alkanes of at least 4 members (excludes halogenated alkanes) is 1. The Morgan fingerprint density at radius 1 is 1.10 bits per heavy atom. The molecule has 0 bridgehead atoms. The second-order valence-electron chi connectivity index (χ2n) is 8.29. The van der Waals surface area contributed by atoms with Gasteiger partial charge in [0.25, 0.3) is 11.8 Å². The van der Waals surface area contributed by atoms with Gasteiger partial charge in [0.1, 0.15) is 0 Å². The first-order valence-electron chi connectivity index (χ1n) is 11.5. The van der Waals surface area contributed by atoms with Gasteiger partial charge >= 0.3 is 0 Å². The number of nitrogens with one attached hydrogen (secondary N) is 1. The van der Waals surface area contributed by atoms with Crippen LogP contribution in [0.25, 0.3) is 0 Å². The van der Waals surface area contributed by atoms with E-state index >= 15 is 0 Å². The third-order valence-corrected chi connectivity index (χ3v) is 6.29. The molecule has 0 aliphatic carbocycles. The number of benzene rings is 1. The van der Waals surface area contributed by atoms with Crippen LogP contribution in [0, 0.1) is 0 Å². The zero-order valence-corrected chi connectivity index (χ0v) is 18.4. The third-order valence-electron chi connectivity index (χ3n) is 6.29. The summed E-state index contributed by atoms with van der Waals surface area (Å²) in [5.74, 6) is 0.617. The van der Waals surface area contributed by atoms with Crippen molar-refractivity contribution in [2.24, 2.45) is 4.99 Å².